The summed E-state index contributed by atoms with van der Waals surface area (Å²) in [4.78, 5) is 15.8. The largest absolute Gasteiger partial charge is 0.270 e. The van der Waals surface area contributed by atoms with Crippen LogP contribution in [0.3, 0.4) is 0 Å². The van der Waals surface area contributed by atoms with Crippen molar-refractivity contribution in [2.24, 2.45) is 4.99 Å². The molecule has 0 aliphatic heterocycles. The third kappa shape index (κ3) is 3.01. The number of fused-ring (bicyclic) bond motifs is 3. The normalized spacial score (nSPS) is 13.2. The summed E-state index contributed by atoms with van der Waals surface area (Å²) in [7, 11) is 0. The Morgan fingerprint density at radius 1 is 0.621 bits per heavy atom. The molecule has 138 valence electrons. The molecule has 0 aromatic heterocycles. The summed E-state index contributed by atoms with van der Waals surface area (Å²) in [5, 5.41) is 11.3. The second-order valence-corrected chi connectivity index (χ2v) is 6.91. The first kappa shape index (κ1) is 17.1. The zero-order valence-corrected chi connectivity index (χ0v) is 15.4. The van der Waals surface area contributed by atoms with Gasteiger partial charge in [-0.1, -0.05) is 66.7 Å². The van der Waals surface area contributed by atoms with E-state index in [-0.39, 0.29) is 10.6 Å². The maximum absolute atomic E-state index is 11.3. The number of non-ortho nitro benzene ring substituents is 1. The van der Waals surface area contributed by atoms with Crippen molar-refractivity contribution in [3.8, 4) is 22.3 Å². The second kappa shape index (κ2) is 6.84. The van der Waals surface area contributed by atoms with Crippen molar-refractivity contribution in [1.82, 2.24) is 0 Å². The maximum atomic E-state index is 11.3. The molecule has 4 nitrogen and oxygen atoms in total. The number of nitro benzene ring substituents is 1. The molecule has 0 amide bonds. The molecule has 1 aliphatic rings. The number of hydrogen-bond acceptors (Lipinski definition) is 3. The summed E-state index contributed by atoms with van der Waals surface area (Å²) in [5.74, 6) is 0. The Balaban J connectivity index is 1.61. The SMILES string of the molecule is O=[N+]([O-])c1ccc2c(c1)C(=Nc1ccc(-c3ccccc3)cc1)c1ccccc1-2. The molecule has 1 aliphatic carbocycles. The van der Waals surface area contributed by atoms with Crippen molar-refractivity contribution >= 4 is 17.1 Å². The molecule has 29 heavy (non-hydrogen) atoms. The standard InChI is InChI=1S/C25H16N2O2/c28-27(29)20-14-15-22-21-8-4-5-9-23(21)25(24(22)16-20)26-19-12-10-18(11-13-19)17-6-2-1-3-7-17/h1-16H. The van der Waals surface area contributed by atoms with Crippen LogP contribution in [0.2, 0.25) is 0 Å². The Morgan fingerprint density at radius 2 is 1.24 bits per heavy atom. The van der Waals surface area contributed by atoms with Crippen LogP contribution in [-0.4, -0.2) is 10.6 Å². The van der Waals surface area contributed by atoms with Gasteiger partial charge in [0, 0.05) is 23.3 Å². The van der Waals surface area contributed by atoms with E-state index in [0.29, 0.717) is 0 Å². The van der Waals surface area contributed by atoms with Gasteiger partial charge in [0.1, 0.15) is 0 Å². The fraction of sp³-hybridized carbons (Fsp3) is 0. The number of aliphatic imine (C=N–C) groups is 1. The van der Waals surface area contributed by atoms with Crippen LogP contribution >= 0.6 is 0 Å². The van der Waals surface area contributed by atoms with Crippen LogP contribution in [0.25, 0.3) is 22.3 Å². The average Bonchev–Trinajstić information content (AvgIpc) is 3.08. The first-order valence-electron chi connectivity index (χ1n) is 9.33. The van der Waals surface area contributed by atoms with E-state index in [2.05, 4.69) is 12.1 Å². The van der Waals surface area contributed by atoms with Crippen LogP contribution < -0.4 is 0 Å². The minimum atomic E-state index is -0.366. The minimum Gasteiger partial charge on any atom is -0.258 e. The molecule has 0 fully saturated rings. The Kier molecular flexibility index (Phi) is 4.03. The Morgan fingerprint density at radius 3 is 1.97 bits per heavy atom. The number of hydrogen-bond donors (Lipinski definition) is 0. The Hall–Kier alpha value is -4.05. The quantitative estimate of drug-likeness (QED) is 0.270. The van der Waals surface area contributed by atoms with Crippen molar-refractivity contribution in [2.45, 2.75) is 0 Å². The van der Waals surface area contributed by atoms with Gasteiger partial charge in [0.2, 0.25) is 0 Å². The van der Waals surface area contributed by atoms with Crippen LogP contribution in [0.5, 0.6) is 0 Å². The zero-order chi connectivity index (χ0) is 19.8. The summed E-state index contributed by atoms with van der Waals surface area (Å²) in [6.45, 7) is 0. The molecule has 5 rings (SSSR count). The summed E-state index contributed by atoms with van der Waals surface area (Å²) in [6.07, 6.45) is 0. The van der Waals surface area contributed by atoms with Crippen molar-refractivity contribution in [3.05, 3.63) is 118 Å². The second-order valence-electron chi connectivity index (χ2n) is 6.91. The zero-order valence-electron chi connectivity index (χ0n) is 15.4. The number of rotatable bonds is 3. The van der Waals surface area contributed by atoms with Crippen molar-refractivity contribution in [2.75, 3.05) is 0 Å². The number of benzene rings is 4. The average molecular weight is 376 g/mol. The van der Waals surface area contributed by atoms with Crippen molar-refractivity contribution in [1.29, 1.82) is 0 Å². The van der Waals surface area contributed by atoms with Gasteiger partial charge < -0.3 is 0 Å². The van der Waals surface area contributed by atoms with E-state index in [0.717, 1.165) is 44.8 Å². The highest BCUT2D eigenvalue weighted by Gasteiger charge is 2.26. The highest BCUT2D eigenvalue weighted by atomic mass is 16.6. The lowest BCUT2D eigenvalue weighted by Crippen LogP contribution is -1.99. The van der Waals surface area contributed by atoms with Gasteiger partial charge in [-0.3, -0.25) is 10.1 Å². The molecule has 4 aromatic rings. The molecule has 0 heterocycles. The molecule has 4 heteroatoms. The third-order valence-corrected chi connectivity index (χ3v) is 5.16. The van der Waals surface area contributed by atoms with Gasteiger partial charge in [-0.25, -0.2) is 4.99 Å². The van der Waals surface area contributed by atoms with Gasteiger partial charge in [-0.15, -0.1) is 0 Å². The smallest absolute Gasteiger partial charge is 0.258 e. The minimum absolute atomic E-state index is 0.0729. The van der Waals surface area contributed by atoms with Crippen LogP contribution in [-0.2, 0) is 0 Å². The molecule has 0 N–H and O–H groups in total. The summed E-state index contributed by atoms with van der Waals surface area (Å²) < 4.78 is 0. The first-order valence-corrected chi connectivity index (χ1v) is 9.33. The highest BCUT2D eigenvalue weighted by molar-refractivity contribution is 6.25. The van der Waals surface area contributed by atoms with Gasteiger partial charge in [-0.2, -0.15) is 0 Å². The first-order chi connectivity index (χ1) is 14.2. The number of nitro groups is 1. The summed E-state index contributed by atoms with van der Waals surface area (Å²) in [6, 6.07) is 31.2. The van der Waals surface area contributed by atoms with Gasteiger partial charge in [0.15, 0.2) is 0 Å². The van der Waals surface area contributed by atoms with Gasteiger partial charge in [0.25, 0.3) is 5.69 Å². The Labute approximate surface area is 168 Å². The van der Waals surface area contributed by atoms with Crippen molar-refractivity contribution < 1.29 is 4.92 Å². The fourth-order valence-electron chi connectivity index (χ4n) is 3.75. The molecule has 0 atom stereocenters. The molecule has 4 aromatic carbocycles. The van der Waals surface area contributed by atoms with E-state index in [1.807, 2.05) is 72.8 Å². The predicted molar refractivity (Wildman–Crippen MR) is 116 cm³/mol. The van der Waals surface area contributed by atoms with E-state index < -0.39 is 0 Å². The van der Waals surface area contributed by atoms with E-state index in [1.54, 1.807) is 12.1 Å². The molecule has 0 radical (unpaired) electrons. The fourth-order valence-corrected chi connectivity index (χ4v) is 3.75. The van der Waals surface area contributed by atoms with Gasteiger partial charge in [0.05, 0.1) is 16.3 Å². The lowest BCUT2D eigenvalue weighted by atomic mass is 10.1. The third-order valence-electron chi connectivity index (χ3n) is 5.16. The van der Waals surface area contributed by atoms with Crippen LogP contribution in [0.15, 0.2) is 102 Å². The van der Waals surface area contributed by atoms with E-state index in [9.17, 15) is 10.1 Å². The van der Waals surface area contributed by atoms with Crippen LogP contribution in [0, 0.1) is 10.1 Å². The monoisotopic (exact) mass is 376 g/mol. The summed E-state index contributed by atoms with van der Waals surface area (Å²) >= 11 is 0. The topological polar surface area (TPSA) is 55.5 Å². The van der Waals surface area contributed by atoms with E-state index >= 15 is 0 Å². The molecule has 0 saturated heterocycles. The lowest BCUT2D eigenvalue weighted by molar-refractivity contribution is -0.384. The molecular weight excluding hydrogens is 360 g/mol. The van der Waals surface area contributed by atoms with Gasteiger partial charge in [-0.05, 0) is 40.5 Å². The van der Waals surface area contributed by atoms with Crippen molar-refractivity contribution in [3.63, 3.8) is 0 Å². The summed E-state index contributed by atoms with van der Waals surface area (Å²) in [5.41, 5.74) is 7.76. The predicted octanol–water partition coefficient (Wildman–Crippen LogP) is 6.41. The van der Waals surface area contributed by atoms with E-state index in [4.69, 9.17) is 4.99 Å². The molecular formula is C25H16N2O2. The molecule has 0 unspecified atom stereocenters. The van der Waals surface area contributed by atoms with Crippen LogP contribution in [0.4, 0.5) is 11.4 Å². The van der Waals surface area contributed by atoms with Gasteiger partial charge >= 0.3 is 0 Å². The van der Waals surface area contributed by atoms with Crippen LogP contribution in [0.1, 0.15) is 11.1 Å². The molecule has 0 spiro atoms. The van der Waals surface area contributed by atoms with E-state index in [1.165, 1.54) is 0 Å². The maximum Gasteiger partial charge on any atom is 0.270 e. The number of nitrogens with zero attached hydrogens (tertiary/aromatic N) is 2. The lowest BCUT2D eigenvalue weighted by Gasteiger charge is -2.04. The Bertz CT molecular complexity index is 1260. The molecule has 0 saturated carbocycles. The molecule has 0 bridgehead atoms. The highest BCUT2D eigenvalue weighted by Crippen LogP contribution is 2.39.